The largest absolute Gasteiger partial charge is 0.492 e. The van der Waals surface area contributed by atoms with E-state index in [2.05, 4.69) is 41.2 Å². The molecular formula is C17H14BrN5OS. The topological polar surface area (TPSA) is 75.7 Å². The van der Waals surface area contributed by atoms with Crippen molar-refractivity contribution in [1.82, 2.24) is 19.9 Å². The Bertz CT molecular complexity index is 969. The van der Waals surface area contributed by atoms with Crippen LogP contribution in [0, 0.1) is 0 Å². The number of halogens is 1. The SMILES string of the molecule is Brc1cnc2[nH]c(-c3ccc(OCCNc4nccs4)cc3)nc2c1. The first-order chi connectivity index (χ1) is 12.3. The van der Waals surface area contributed by atoms with Crippen molar-refractivity contribution in [3.05, 3.63) is 52.6 Å². The molecule has 4 aromatic rings. The number of hydrogen-bond donors (Lipinski definition) is 2. The summed E-state index contributed by atoms with van der Waals surface area (Å²) in [5.74, 6) is 1.61. The Hall–Kier alpha value is -2.45. The lowest BCUT2D eigenvalue weighted by Gasteiger charge is -2.07. The number of aromatic nitrogens is 4. The molecule has 3 heterocycles. The van der Waals surface area contributed by atoms with E-state index in [1.54, 1.807) is 23.7 Å². The third-order valence-corrected chi connectivity index (χ3v) is 4.67. The van der Waals surface area contributed by atoms with Crippen molar-refractivity contribution in [2.24, 2.45) is 0 Å². The van der Waals surface area contributed by atoms with Crippen molar-refractivity contribution in [1.29, 1.82) is 0 Å². The molecule has 0 spiro atoms. The van der Waals surface area contributed by atoms with E-state index in [0.717, 1.165) is 37.9 Å². The fourth-order valence-corrected chi connectivity index (χ4v) is 3.23. The van der Waals surface area contributed by atoms with Gasteiger partial charge in [0.25, 0.3) is 0 Å². The van der Waals surface area contributed by atoms with Gasteiger partial charge in [-0.15, -0.1) is 11.3 Å². The second-order valence-corrected chi connectivity index (χ2v) is 7.05. The molecule has 3 aromatic heterocycles. The number of imidazole rings is 1. The molecule has 0 aliphatic heterocycles. The van der Waals surface area contributed by atoms with Crippen molar-refractivity contribution in [2.45, 2.75) is 0 Å². The molecule has 0 amide bonds. The Morgan fingerprint density at radius 3 is 2.88 bits per heavy atom. The minimum atomic E-state index is 0.571. The fraction of sp³-hybridized carbons (Fsp3) is 0.118. The van der Waals surface area contributed by atoms with E-state index in [4.69, 9.17) is 4.74 Å². The summed E-state index contributed by atoms with van der Waals surface area (Å²) in [7, 11) is 0. The standard InChI is InChI=1S/C17H14BrN5OS/c18-12-9-14-16(21-10-12)23-15(22-14)11-1-3-13(4-2-11)24-7-5-19-17-20-6-8-25-17/h1-4,6,8-10H,5,7H2,(H,19,20)(H,21,22,23). The lowest BCUT2D eigenvalue weighted by Crippen LogP contribution is -2.11. The van der Waals surface area contributed by atoms with Crippen LogP contribution in [0.4, 0.5) is 5.13 Å². The molecule has 8 heteroatoms. The number of benzene rings is 1. The smallest absolute Gasteiger partial charge is 0.182 e. The highest BCUT2D eigenvalue weighted by Crippen LogP contribution is 2.23. The summed E-state index contributed by atoms with van der Waals surface area (Å²) in [4.78, 5) is 16.3. The Balaban J connectivity index is 1.38. The molecule has 0 saturated carbocycles. The number of thiazole rings is 1. The number of ether oxygens (including phenoxy) is 1. The van der Waals surface area contributed by atoms with Gasteiger partial charge in [0.15, 0.2) is 10.8 Å². The van der Waals surface area contributed by atoms with E-state index in [0.29, 0.717) is 13.2 Å². The summed E-state index contributed by atoms with van der Waals surface area (Å²) in [6, 6.07) is 9.78. The summed E-state index contributed by atoms with van der Waals surface area (Å²) in [6.45, 7) is 1.28. The maximum absolute atomic E-state index is 5.74. The highest BCUT2D eigenvalue weighted by atomic mass is 79.9. The third kappa shape index (κ3) is 3.80. The van der Waals surface area contributed by atoms with Crippen LogP contribution < -0.4 is 10.1 Å². The van der Waals surface area contributed by atoms with Gasteiger partial charge in [-0.3, -0.25) is 0 Å². The molecule has 0 radical (unpaired) electrons. The van der Waals surface area contributed by atoms with Crippen LogP contribution in [-0.2, 0) is 0 Å². The van der Waals surface area contributed by atoms with Crippen molar-refractivity contribution in [3.63, 3.8) is 0 Å². The molecular weight excluding hydrogens is 402 g/mol. The number of anilines is 1. The van der Waals surface area contributed by atoms with Crippen LogP contribution in [0.15, 0.2) is 52.6 Å². The summed E-state index contributed by atoms with van der Waals surface area (Å²) in [6.07, 6.45) is 3.53. The molecule has 126 valence electrons. The van der Waals surface area contributed by atoms with Gasteiger partial charge in [-0.05, 0) is 46.3 Å². The minimum Gasteiger partial charge on any atom is -0.492 e. The first-order valence-electron chi connectivity index (χ1n) is 7.66. The number of hydrogen-bond acceptors (Lipinski definition) is 6. The second kappa shape index (κ2) is 7.20. The molecule has 4 rings (SSSR count). The van der Waals surface area contributed by atoms with Crippen LogP contribution in [0.25, 0.3) is 22.6 Å². The Morgan fingerprint density at radius 2 is 2.08 bits per heavy atom. The van der Waals surface area contributed by atoms with Gasteiger partial charge in [0.05, 0.1) is 6.54 Å². The Morgan fingerprint density at radius 1 is 1.20 bits per heavy atom. The van der Waals surface area contributed by atoms with E-state index in [1.165, 1.54) is 0 Å². The number of pyridine rings is 1. The molecule has 1 aromatic carbocycles. The zero-order chi connectivity index (χ0) is 17.1. The summed E-state index contributed by atoms with van der Waals surface area (Å²) in [5, 5.41) is 6.05. The van der Waals surface area contributed by atoms with Crippen molar-refractivity contribution in [2.75, 3.05) is 18.5 Å². The predicted molar refractivity (Wildman–Crippen MR) is 103 cm³/mol. The Kier molecular flexibility index (Phi) is 4.62. The summed E-state index contributed by atoms with van der Waals surface area (Å²) < 4.78 is 6.65. The maximum atomic E-state index is 5.74. The molecule has 0 aliphatic carbocycles. The van der Waals surface area contributed by atoms with E-state index in [-0.39, 0.29) is 0 Å². The molecule has 25 heavy (non-hydrogen) atoms. The molecule has 0 atom stereocenters. The van der Waals surface area contributed by atoms with Crippen LogP contribution in [-0.4, -0.2) is 33.1 Å². The predicted octanol–water partition coefficient (Wildman–Crippen LogP) is 4.33. The quantitative estimate of drug-likeness (QED) is 0.458. The van der Waals surface area contributed by atoms with Crippen molar-refractivity contribution in [3.8, 4) is 17.1 Å². The second-order valence-electron chi connectivity index (χ2n) is 5.24. The maximum Gasteiger partial charge on any atom is 0.182 e. The monoisotopic (exact) mass is 415 g/mol. The van der Waals surface area contributed by atoms with Crippen LogP contribution in [0.5, 0.6) is 5.75 Å². The van der Waals surface area contributed by atoms with Gasteiger partial charge >= 0.3 is 0 Å². The van der Waals surface area contributed by atoms with Gasteiger partial charge < -0.3 is 15.0 Å². The molecule has 6 nitrogen and oxygen atoms in total. The van der Waals surface area contributed by atoms with Crippen LogP contribution in [0.1, 0.15) is 0 Å². The normalized spacial score (nSPS) is 10.9. The molecule has 0 fully saturated rings. The lowest BCUT2D eigenvalue weighted by molar-refractivity contribution is 0.333. The van der Waals surface area contributed by atoms with Gasteiger partial charge in [0, 0.05) is 27.8 Å². The number of rotatable bonds is 6. The van der Waals surface area contributed by atoms with Gasteiger partial charge in [0.2, 0.25) is 0 Å². The van der Waals surface area contributed by atoms with Crippen molar-refractivity contribution >= 4 is 43.6 Å². The average molecular weight is 416 g/mol. The third-order valence-electron chi connectivity index (χ3n) is 3.51. The lowest BCUT2D eigenvalue weighted by atomic mass is 10.2. The van der Waals surface area contributed by atoms with Gasteiger partial charge in [-0.2, -0.15) is 0 Å². The van der Waals surface area contributed by atoms with Crippen LogP contribution >= 0.6 is 27.3 Å². The zero-order valence-corrected chi connectivity index (χ0v) is 15.5. The van der Waals surface area contributed by atoms with Crippen LogP contribution in [0.2, 0.25) is 0 Å². The summed E-state index contributed by atoms with van der Waals surface area (Å²) in [5.41, 5.74) is 2.59. The average Bonchev–Trinajstić information content (AvgIpc) is 3.28. The highest BCUT2D eigenvalue weighted by molar-refractivity contribution is 9.10. The Labute approximate surface area is 156 Å². The van der Waals surface area contributed by atoms with Crippen LogP contribution in [0.3, 0.4) is 0 Å². The molecule has 0 unspecified atom stereocenters. The molecule has 0 bridgehead atoms. The van der Waals surface area contributed by atoms with Gasteiger partial charge in [0.1, 0.15) is 23.7 Å². The fourth-order valence-electron chi connectivity index (χ4n) is 2.35. The van der Waals surface area contributed by atoms with E-state index in [9.17, 15) is 0 Å². The molecule has 0 aliphatic rings. The zero-order valence-electron chi connectivity index (χ0n) is 13.1. The first kappa shape index (κ1) is 16.0. The minimum absolute atomic E-state index is 0.571. The van der Waals surface area contributed by atoms with E-state index >= 15 is 0 Å². The first-order valence-corrected chi connectivity index (χ1v) is 9.33. The van der Waals surface area contributed by atoms with Gasteiger partial charge in [-0.1, -0.05) is 0 Å². The number of nitrogens with one attached hydrogen (secondary N) is 2. The molecule has 0 saturated heterocycles. The number of H-pyrrole nitrogens is 1. The molecule has 2 N–H and O–H groups in total. The van der Waals surface area contributed by atoms with Gasteiger partial charge in [-0.25, -0.2) is 15.0 Å². The van der Waals surface area contributed by atoms with Crippen molar-refractivity contribution < 1.29 is 4.74 Å². The summed E-state index contributed by atoms with van der Waals surface area (Å²) >= 11 is 4.98. The number of fused-ring (bicyclic) bond motifs is 1. The highest BCUT2D eigenvalue weighted by Gasteiger charge is 2.07. The van der Waals surface area contributed by atoms with E-state index in [1.807, 2.05) is 35.7 Å². The van der Waals surface area contributed by atoms with E-state index < -0.39 is 0 Å². The number of nitrogens with zero attached hydrogens (tertiary/aromatic N) is 3. The number of aromatic amines is 1.